The van der Waals surface area contributed by atoms with E-state index in [0.717, 1.165) is 63.3 Å². The summed E-state index contributed by atoms with van der Waals surface area (Å²) in [4.78, 5) is 20.3. The topological polar surface area (TPSA) is 36.0 Å². The molecule has 1 atom stereocenters. The molecule has 3 aliphatic heterocycles. The van der Waals surface area contributed by atoms with E-state index < -0.39 is 0 Å². The van der Waals surface area contributed by atoms with Crippen LogP contribution in [0.5, 0.6) is 5.75 Å². The van der Waals surface area contributed by atoms with E-state index in [1.165, 1.54) is 23.1 Å². The largest absolute Gasteiger partial charge is 0.491 e. The maximum atomic E-state index is 13.4. The molecule has 5 nitrogen and oxygen atoms in total. The predicted octanol–water partition coefficient (Wildman–Crippen LogP) is 3.84. The lowest BCUT2D eigenvalue weighted by Crippen LogP contribution is -2.51. The van der Waals surface area contributed by atoms with Crippen LogP contribution in [-0.4, -0.2) is 59.4 Å². The van der Waals surface area contributed by atoms with Crippen LogP contribution in [0.4, 0.5) is 0 Å². The second-order valence-electron chi connectivity index (χ2n) is 9.42. The van der Waals surface area contributed by atoms with Crippen molar-refractivity contribution in [2.24, 2.45) is 0 Å². The Morgan fingerprint density at radius 3 is 2.75 bits per heavy atom. The smallest absolute Gasteiger partial charge is 0.240 e. The summed E-state index contributed by atoms with van der Waals surface area (Å²) >= 11 is 0. The minimum absolute atomic E-state index is 0.0342. The van der Waals surface area contributed by atoms with Gasteiger partial charge in [0.1, 0.15) is 12.4 Å². The third-order valence-electron chi connectivity index (χ3n) is 7.34. The first-order valence-electron chi connectivity index (χ1n) is 12.3. The Morgan fingerprint density at radius 2 is 1.88 bits per heavy atom. The normalized spacial score (nSPS) is 21.9. The second-order valence-corrected chi connectivity index (χ2v) is 9.42. The van der Waals surface area contributed by atoms with Crippen LogP contribution in [0.2, 0.25) is 0 Å². The third kappa shape index (κ3) is 4.55. The van der Waals surface area contributed by atoms with Crippen molar-refractivity contribution in [3.63, 3.8) is 0 Å². The van der Waals surface area contributed by atoms with Gasteiger partial charge in [-0.25, -0.2) is 0 Å². The van der Waals surface area contributed by atoms with Crippen molar-refractivity contribution in [3.8, 4) is 5.75 Å². The fourth-order valence-corrected chi connectivity index (χ4v) is 5.54. The zero-order valence-electron chi connectivity index (χ0n) is 19.3. The van der Waals surface area contributed by atoms with Gasteiger partial charge in [0, 0.05) is 31.7 Å². The SMILES string of the molecule is CCN1CCCCC1C(=O)N1CCOc2ccc(CN3CCc4ccccc4C3)cc2C1. The highest BCUT2D eigenvalue weighted by molar-refractivity contribution is 5.82. The number of rotatable bonds is 4. The Hall–Kier alpha value is -2.37. The monoisotopic (exact) mass is 433 g/mol. The summed E-state index contributed by atoms with van der Waals surface area (Å²) in [7, 11) is 0. The molecule has 3 aliphatic rings. The molecule has 0 spiro atoms. The lowest BCUT2D eigenvalue weighted by atomic mass is 9.99. The van der Waals surface area contributed by atoms with Gasteiger partial charge in [0.2, 0.25) is 5.91 Å². The predicted molar refractivity (Wildman–Crippen MR) is 127 cm³/mol. The van der Waals surface area contributed by atoms with Crippen LogP contribution in [-0.2, 0) is 30.8 Å². The number of hydrogen-bond acceptors (Lipinski definition) is 4. The lowest BCUT2D eigenvalue weighted by Gasteiger charge is -2.36. The van der Waals surface area contributed by atoms with Crippen molar-refractivity contribution in [2.45, 2.75) is 58.3 Å². The summed E-state index contributed by atoms with van der Waals surface area (Å²) in [6.45, 7) is 9.06. The fourth-order valence-electron chi connectivity index (χ4n) is 5.54. The van der Waals surface area contributed by atoms with E-state index in [9.17, 15) is 4.79 Å². The number of benzene rings is 2. The molecule has 3 heterocycles. The molecule has 0 N–H and O–H groups in total. The van der Waals surface area contributed by atoms with Crippen LogP contribution >= 0.6 is 0 Å². The summed E-state index contributed by atoms with van der Waals surface area (Å²) in [5.74, 6) is 1.21. The van der Waals surface area contributed by atoms with Crippen LogP contribution in [0.1, 0.15) is 48.4 Å². The number of amides is 1. The van der Waals surface area contributed by atoms with E-state index in [0.29, 0.717) is 19.7 Å². The standard InChI is InChI=1S/C27H35N3O2/c1-2-29-13-6-5-9-25(29)27(31)30-15-16-32-26-11-10-21(17-24(26)20-30)18-28-14-12-22-7-3-4-8-23(22)19-28/h3-4,7-8,10-11,17,25H,2,5-6,9,12-16,18-20H2,1H3. The molecule has 5 rings (SSSR count). The number of likely N-dealkylation sites (N-methyl/N-ethyl adjacent to an activating group) is 1. The Morgan fingerprint density at radius 1 is 1.00 bits per heavy atom. The van der Waals surface area contributed by atoms with Crippen molar-refractivity contribution in [1.29, 1.82) is 0 Å². The molecule has 1 saturated heterocycles. The molecular weight excluding hydrogens is 398 g/mol. The molecule has 0 aromatic heterocycles. The summed E-state index contributed by atoms with van der Waals surface area (Å²) in [6, 6.07) is 15.4. The molecule has 1 fully saturated rings. The number of ether oxygens (including phenoxy) is 1. The first-order valence-corrected chi connectivity index (χ1v) is 12.3. The Kier molecular flexibility index (Phi) is 6.47. The molecule has 0 saturated carbocycles. The zero-order chi connectivity index (χ0) is 21.9. The van der Waals surface area contributed by atoms with Crippen molar-refractivity contribution in [1.82, 2.24) is 14.7 Å². The van der Waals surface area contributed by atoms with Gasteiger partial charge in [-0.05, 0) is 61.2 Å². The summed E-state index contributed by atoms with van der Waals surface area (Å²) in [5.41, 5.74) is 5.37. The molecule has 2 aromatic carbocycles. The number of nitrogens with zero attached hydrogens (tertiary/aromatic N) is 3. The molecule has 0 bridgehead atoms. The number of piperidine rings is 1. The average molecular weight is 434 g/mol. The Bertz CT molecular complexity index is 960. The quantitative estimate of drug-likeness (QED) is 0.734. The molecule has 1 amide bonds. The molecule has 2 aromatic rings. The average Bonchev–Trinajstić information content (AvgIpc) is 3.05. The fraction of sp³-hybridized carbons (Fsp3) is 0.519. The van der Waals surface area contributed by atoms with E-state index in [4.69, 9.17) is 4.74 Å². The number of hydrogen-bond donors (Lipinski definition) is 0. The van der Waals surface area contributed by atoms with E-state index in [-0.39, 0.29) is 11.9 Å². The van der Waals surface area contributed by atoms with E-state index in [1.807, 2.05) is 4.90 Å². The van der Waals surface area contributed by atoms with E-state index >= 15 is 0 Å². The minimum Gasteiger partial charge on any atom is -0.491 e. The van der Waals surface area contributed by atoms with Gasteiger partial charge in [0.05, 0.1) is 12.6 Å². The van der Waals surface area contributed by atoms with Gasteiger partial charge >= 0.3 is 0 Å². The van der Waals surface area contributed by atoms with Crippen LogP contribution in [0, 0.1) is 0 Å². The van der Waals surface area contributed by atoms with Crippen LogP contribution < -0.4 is 4.74 Å². The molecule has 0 aliphatic carbocycles. The summed E-state index contributed by atoms with van der Waals surface area (Å²) < 4.78 is 6.04. The van der Waals surface area contributed by atoms with Crippen molar-refractivity contribution < 1.29 is 9.53 Å². The number of fused-ring (bicyclic) bond motifs is 2. The van der Waals surface area contributed by atoms with Crippen LogP contribution in [0.25, 0.3) is 0 Å². The highest BCUT2D eigenvalue weighted by Gasteiger charge is 2.32. The molecule has 5 heteroatoms. The van der Waals surface area contributed by atoms with E-state index in [2.05, 4.69) is 59.2 Å². The molecule has 0 radical (unpaired) electrons. The highest BCUT2D eigenvalue weighted by atomic mass is 16.5. The highest BCUT2D eigenvalue weighted by Crippen LogP contribution is 2.28. The third-order valence-corrected chi connectivity index (χ3v) is 7.34. The first-order chi connectivity index (χ1) is 15.7. The van der Waals surface area contributed by atoms with Gasteiger partial charge in [-0.3, -0.25) is 14.6 Å². The van der Waals surface area contributed by atoms with Gasteiger partial charge in [-0.15, -0.1) is 0 Å². The first kappa shape index (κ1) is 21.5. The number of likely N-dealkylation sites (tertiary alicyclic amines) is 1. The van der Waals surface area contributed by atoms with Crippen molar-refractivity contribution >= 4 is 5.91 Å². The number of carbonyl (C=O) groups excluding carboxylic acids is 1. The minimum atomic E-state index is 0.0342. The summed E-state index contributed by atoms with van der Waals surface area (Å²) in [6.07, 6.45) is 4.44. The van der Waals surface area contributed by atoms with Crippen molar-refractivity contribution in [3.05, 3.63) is 64.7 Å². The molecule has 170 valence electrons. The maximum Gasteiger partial charge on any atom is 0.240 e. The lowest BCUT2D eigenvalue weighted by molar-refractivity contribution is -0.139. The van der Waals surface area contributed by atoms with Crippen LogP contribution in [0.15, 0.2) is 42.5 Å². The molecule has 32 heavy (non-hydrogen) atoms. The summed E-state index contributed by atoms with van der Waals surface area (Å²) in [5, 5.41) is 0. The van der Waals surface area contributed by atoms with Gasteiger partial charge in [-0.2, -0.15) is 0 Å². The van der Waals surface area contributed by atoms with E-state index in [1.54, 1.807) is 0 Å². The van der Waals surface area contributed by atoms with Gasteiger partial charge in [-0.1, -0.05) is 43.7 Å². The molecule has 1 unspecified atom stereocenters. The number of carbonyl (C=O) groups is 1. The second kappa shape index (κ2) is 9.63. The molecular formula is C27H35N3O2. The zero-order valence-corrected chi connectivity index (χ0v) is 19.3. The van der Waals surface area contributed by atoms with Gasteiger partial charge in [0.15, 0.2) is 0 Å². The Labute approximate surface area is 191 Å². The maximum absolute atomic E-state index is 13.4. The van der Waals surface area contributed by atoms with Crippen molar-refractivity contribution in [2.75, 3.05) is 32.8 Å². The van der Waals surface area contributed by atoms with Gasteiger partial charge in [0.25, 0.3) is 0 Å². The van der Waals surface area contributed by atoms with Gasteiger partial charge < -0.3 is 9.64 Å². The Balaban J connectivity index is 1.29. The van der Waals surface area contributed by atoms with Crippen LogP contribution in [0.3, 0.4) is 0 Å².